The summed E-state index contributed by atoms with van der Waals surface area (Å²) in [5, 5.41) is 0. The predicted molar refractivity (Wildman–Crippen MR) is 98.8 cm³/mol. The Morgan fingerprint density at radius 3 is 1.92 bits per heavy atom. The van der Waals surface area contributed by atoms with Crippen molar-refractivity contribution in [2.75, 3.05) is 12.0 Å². The van der Waals surface area contributed by atoms with E-state index in [0.717, 1.165) is 11.4 Å². The van der Waals surface area contributed by atoms with Crippen molar-refractivity contribution < 1.29 is 14.3 Å². The van der Waals surface area contributed by atoms with Crippen LogP contribution in [0.15, 0.2) is 78.9 Å². The maximum absolute atomic E-state index is 12.1. The Balaban J connectivity index is 1.85. The molecule has 0 aliphatic rings. The van der Waals surface area contributed by atoms with E-state index in [1.165, 1.54) is 0 Å². The molecule has 3 aromatic rings. The summed E-state index contributed by atoms with van der Waals surface area (Å²) in [7, 11) is 1.61. The molecule has 0 heterocycles. The van der Waals surface area contributed by atoms with E-state index in [1.807, 2.05) is 78.9 Å². The van der Waals surface area contributed by atoms with Gasteiger partial charge in [-0.15, -0.1) is 0 Å². The average Bonchev–Trinajstić information content (AvgIpc) is 2.64. The third-order valence-electron chi connectivity index (χ3n) is 3.72. The lowest BCUT2D eigenvalue weighted by molar-refractivity contribution is -0.115. The molecule has 0 aliphatic carbocycles. The molecular weight excluding hydrogens is 314 g/mol. The second-order valence-electron chi connectivity index (χ2n) is 5.44. The third-order valence-corrected chi connectivity index (χ3v) is 3.72. The minimum absolute atomic E-state index is 0.0513. The second-order valence-corrected chi connectivity index (χ2v) is 5.44. The minimum atomic E-state index is -0.0513. The van der Waals surface area contributed by atoms with E-state index in [-0.39, 0.29) is 5.91 Å². The minimum Gasteiger partial charge on any atom is -0.493 e. The molecule has 0 unspecified atom stereocenters. The topological polar surface area (TPSA) is 38.8 Å². The summed E-state index contributed by atoms with van der Waals surface area (Å²) in [5.74, 6) is 1.93. The van der Waals surface area contributed by atoms with Crippen LogP contribution in [0.25, 0.3) is 0 Å². The van der Waals surface area contributed by atoms with Crippen molar-refractivity contribution in [2.45, 2.75) is 6.92 Å². The number of methoxy groups -OCH3 is 1. The van der Waals surface area contributed by atoms with Gasteiger partial charge in [-0.25, -0.2) is 0 Å². The van der Waals surface area contributed by atoms with Crippen molar-refractivity contribution in [1.82, 2.24) is 0 Å². The molecule has 0 saturated carbocycles. The molecule has 0 bridgehead atoms. The van der Waals surface area contributed by atoms with Gasteiger partial charge in [-0.3, -0.25) is 9.69 Å². The number of rotatable bonds is 5. The summed E-state index contributed by atoms with van der Waals surface area (Å²) >= 11 is 0. The van der Waals surface area contributed by atoms with Crippen molar-refractivity contribution in [2.24, 2.45) is 0 Å². The Kier molecular flexibility index (Phi) is 5.00. The summed E-state index contributed by atoms with van der Waals surface area (Å²) in [4.78, 5) is 13.7. The first-order chi connectivity index (χ1) is 12.2. The molecule has 4 nitrogen and oxygen atoms in total. The first-order valence-electron chi connectivity index (χ1n) is 7.95. The second kappa shape index (κ2) is 7.53. The Morgan fingerprint density at radius 1 is 0.760 bits per heavy atom. The molecule has 1 amide bonds. The Labute approximate surface area is 147 Å². The van der Waals surface area contributed by atoms with Crippen LogP contribution in [0.1, 0.15) is 6.92 Å². The normalized spacial score (nSPS) is 10.2. The van der Waals surface area contributed by atoms with Crippen LogP contribution in [-0.2, 0) is 4.79 Å². The average molecular weight is 333 g/mol. The van der Waals surface area contributed by atoms with E-state index in [4.69, 9.17) is 9.47 Å². The highest BCUT2D eigenvalue weighted by molar-refractivity contribution is 5.99. The molecule has 126 valence electrons. The zero-order chi connectivity index (χ0) is 17.6. The standard InChI is InChI=1S/C21H19NO3/c1-16(23)22(17-8-4-3-5-9-17)18-12-14-19(15-13-18)25-21-11-7-6-10-20(21)24-2/h3-15H,1-2H3. The number of carbonyl (C=O) groups excluding carboxylic acids is 1. The third kappa shape index (κ3) is 3.80. The maximum Gasteiger partial charge on any atom is 0.228 e. The zero-order valence-corrected chi connectivity index (χ0v) is 14.2. The fourth-order valence-corrected chi connectivity index (χ4v) is 2.58. The summed E-state index contributed by atoms with van der Waals surface area (Å²) in [6.45, 7) is 1.55. The largest absolute Gasteiger partial charge is 0.493 e. The van der Waals surface area contributed by atoms with Gasteiger partial charge in [0.2, 0.25) is 5.91 Å². The van der Waals surface area contributed by atoms with Gasteiger partial charge in [0.15, 0.2) is 11.5 Å². The zero-order valence-electron chi connectivity index (χ0n) is 14.2. The van der Waals surface area contributed by atoms with Gasteiger partial charge in [0, 0.05) is 18.3 Å². The van der Waals surface area contributed by atoms with Gasteiger partial charge < -0.3 is 9.47 Å². The lowest BCUT2D eigenvalue weighted by Crippen LogP contribution is -2.22. The molecule has 3 aromatic carbocycles. The molecule has 0 saturated heterocycles. The van der Waals surface area contributed by atoms with Crippen molar-refractivity contribution in [3.63, 3.8) is 0 Å². The predicted octanol–water partition coefficient (Wildman–Crippen LogP) is 5.17. The summed E-state index contributed by atoms with van der Waals surface area (Å²) in [6, 6.07) is 24.4. The lowest BCUT2D eigenvalue weighted by atomic mass is 10.2. The molecular formula is C21H19NO3. The molecule has 0 atom stereocenters. The highest BCUT2D eigenvalue weighted by Crippen LogP contribution is 2.33. The van der Waals surface area contributed by atoms with Gasteiger partial charge in [0.05, 0.1) is 7.11 Å². The quantitative estimate of drug-likeness (QED) is 0.646. The Morgan fingerprint density at radius 2 is 1.32 bits per heavy atom. The fraction of sp³-hybridized carbons (Fsp3) is 0.0952. The van der Waals surface area contributed by atoms with Crippen LogP contribution >= 0.6 is 0 Å². The van der Waals surface area contributed by atoms with Crippen LogP contribution in [0.2, 0.25) is 0 Å². The van der Waals surface area contributed by atoms with Gasteiger partial charge in [0.25, 0.3) is 0 Å². The number of para-hydroxylation sites is 3. The smallest absolute Gasteiger partial charge is 0.228 e. The molecule has 0 spiro atoms. The van der Waals surface area contributed by atoms with Gasteiger partial charge in [-0.2, -0.15) is 0 Å². The van der Waals surface area contributed by atoms with Crippen LogP contribution in [0.4, 0.5) is 11.4 Å². The van der Waals surface area contributed by atoms with Crippen molar-refractivity contribution in [1.29, 1.82) is 0 Å². The number of amides is 1. The van der Waals surface area contributed by atoms with Crippen LogP contribution in [0, 0.1) is 0 Å². The summed E-state index contributed by atoms with van der Waals surface area (Å²) in [5.41, 5.74) is 1.61. The number of hydrogen-bond acceptors (Lipinski definition) is 3. The van der Waals surface area contributed by atoms with E-state index in [0.29, 0.717) is 17.2 Å². The van der Waals surface area contributed by atoms with Crippen molar-refractivity contribution >= 4 is 17.3 Å². The fourth-order valence-electron chi connectivity index (χ4n) is 2.58. The molecule has 25 heavy (non-hydrogen) atoms. The first kappa shape index (κ1) is 16.6. The van der Waals surface area contributed by atoms with E-state index in [9.17, 15) is 4.79 Å². The van der Waals surface area contributed by atoms with Gasteiger partial charge in [-0.05, 0) is 48.5 Å². The number of benzene rings is 3. The maximum atomic E-state index is 12.1. The molecule has 0 N–H and O–H groups in total. The molecule has 0 radical (unpaired) electrons. The van der Waals surface area contributed by atoms with Gasteiger partial charge in [0.1, 0.15) is 5.75 Å². The van der Waals surface area contributed by atoms with Crippen LogP contribution < -0.4 is 14.4 Å². The summed E-state index contributed by atoms with van der Waals surface area (Å²) in [6.07, 6.45) is 0. The van der Waals surface area contributed by atoms with E-state index in [1.54, 1.807) is 18.9 Å². The van der Waals surface area contributed by atoms with Gasteiger partial charge in [-0.1, -0.05) is 30.3 Å². The van der Waals surface area contributed by atoms with Gasteiger partial charge >= 0.3 is 0 Å². The number of carbonyl (C=O) groups is 1. The number of ether oxygens (including phenoxy) is 2. The first-order valence-corrected chi connectivity index (χ1v) is 7.95. The number of hydrogen-bond donors (Lipinski definition) is 0. The molecule has 3 rings (SSSR count). The molecule has 0 aromatic heterocycles. The van der Waals surface area contributed by atoms with Crippen molar-refractivity contribution in [3.8, 4) is 17.2 Å². The highest BCUT2D eigenvalue weighted by atomic mass is 16.5. The monoisotopic (exact) mass is 333 g/mol. The van der Waals surface area contributed by atoms with Crippen LogP contribution in [0.5, 0.6) is 17.2 Å². The lowest BCUT2D eigenvalue weighted by Gasteiger charge is -2.21. The Hall–Kier alpha value is -3.27. The number of nitrogens with zero attached hydrogens (tertiary/aromatic N) is 1. The van der Waals surface area contributed by atoms with E-state index in [2.05, 4.69) is 0 Å². The van der Waals surface area contributed by atoms with E-state index < -0.39 is 0 Å². The molecule has 0 aliphatic heterocycles. The van der Waals surface area contributed by atoms with Crippen LogP contribution in [-0.4, -0.2) is 13.0 Å². The van der Waals surface area contributed by atoms with Crippen LogP contribution in [0.3, 0.4) is 0 Å². The number of anilines is 2. The Bertz CT molecular complexity index is 845. The summed E-state index contributed by atoms with van der Waals surface area (Å²) < 4.78 is 11.2. The molecule has 0 fully saturated rings. The van der Waals surface area contributed by atoms with Crippen molar-refractivity contribution in [3.05, 3.63) is 78.9 Å². The highest BCUT2D eigenvalue weighted by Gasteiger charge is 2.14. The SMILES string of the molecule is COc1ccccc1Oc1ccc(N(C(C)=O)c2ccccc2)cc1. The van der Waals surface area contributed by atoms with E-state index >= 15 is 0 Å². The molecule has 4 heteroatoms.